The second kappa shape index (κ2) is 14.4. The van der Waals surface area contributed by atoms with E-state index in [1.54, 1.807) is 12.1 Å². The van der Waals surface area contributed by atoms with Gasteiger partial charge in [-0.3, -0.25) is 15.0 Å². The van der Waals surface area contributed by atoms with Gasteiger partial charge in [0.05, 0.1) is 29.7 Å². The number of aliphatic hydroxyl groups is 1. The maximum Gasteiger partial charge on any atom is 0.255 e. The number of ether oxygens (including phenoxy) is 1. The van der Waals surface area contributed by atoms with Gasteiger partial charge in [-0.25, -0.2) is 13.4 Å². The molecule has 0 radical (unpaired) electrons. The number of carbonyl (C=O) groups is 2. The van der Waals surface area contributed by atoms with Gasteiger partial charge in [0.1, 0.15) is 5.75 Å². The van der Waals surface area contributed by atoms with Crippen molar-refractivity contribution in [3.63, 3.8) is 0 Å². The van der Waals surface area contributed by atoms with Crippen molar-refractivity contribution < 1.29 is 27.9 Å². The van der Waals surface area contributed by atoms with Crippen molar-refractivity contribution in [3.05, 3.63) is 59.7 Å². The molecule has 0 aliphatic carbocycles. The highest BCUT2D eigenvalue weighted by Gasteiger charge is 2.38. The first-order valence-electron chi connectivity index (χ1n) is 15.6. The van der Waals surface area contributed by atoms with Crippen LogP contribution in [0.2, 0.25) is 0 Å². The van der Waals surface area contributed by atoms with E-state index in [0.717, 1.165) is 17.5 Å². The SMILES string of the molecule is CC(C)CN(C[C@@H](O)C(Cc1ccccc1)N(NC(=O)C1CCCN1)C(=O)CC(C)(C)C)S(=O)(=O)c1ccc2c(c1)CCO2. The Morgan fingerprint density at radius 3 is 2.48 bits per heavy atom. The highest BCUT2D eigenvalue weighted by atomic mass is 32.2. The molecule has 242 valence electrons. The van der Waals surface area contributed by atoms with Crippen molar-refractivity contribution in [3.8, 4) is 5.75 Å². The Kier molecular flexibility index (Phi) is 11.1. The summed E-state index contributed by atoms with van der Waals surface area (Å²) in [6.45, 7) is 10.8. The molecule has 0 bridgehead atoms. The standard InChI is InChI=1S/C33H48N4O6S/c1-23(2)21-36(44(41,42)26-13-14-30-25(19-26)15-17-43-30)22-29(38)28(18-24-10-7-6-8-11-24)37(31(39)20-33(3,4)5)35-32(40)27-12-9-16-34-27/h6-8,10-11,13-14,19,23,27-29,34,38H,9,12,15-18,20-22H2,1-5H3,(H,35,40)/t27?,28?,29-/m1/s1. The quantitative estimate of drug-likeness (QED) is 0.308. The number of hydrogen-bond acceptors (Lipinski definition) is 7. The summed E-state index contributed by atoms with van der Waals surface area (Å²) in [5.41, 5.74) is 4.12. The predicted octanol–water partition coefficient (Wildman–Crippen LogP) is 3.29. The molecule has 1 saturated heterocycles. The Bertz CT molecular complexity index is 1390. The number of hydrazine groups is 1. The molecule has 11 heteroatoms. The van der Waals surface area contributed by atoms with Crippen LogP contribution in [0.3, 0.4) is 0 Å². The van der Waals surface area contributed by atoms with E-state index in [1.807, 2.05) is 65.0 Å². The van der Waals surface area contributed by atoms with Gasteiger partial charge in [-0.1, -0.05) is 65.0 Å². The van der Waals surface area contributed by atoms with Crippen molar-refractivity contribution in [2.75, 3.05) is 26.2 Å². The molecule has 0 aromatic heterocycles. The molecule has 3 atom stereocenters. The monoisotopic (exact) mass is 628 g/mol. The molecule has 2 amide bonds. The van der Waals surface area contributed by atoms with Gasteiger partial charge in [0.15, 0.2) is 0 Å². The summed E-state index contributed by atoms with van der Waals surface area (Å²) in [5.74, 6) is -0.0420. The third-order valence-electron chi connectivity index (χ3n) is 7.88. The number of sulfonamides is 1. The maximum atomic E-state index is 14.0. The van der Waals surface area contributed by atoms with Gasteiger partial charge in [0, 0.05) is 25.9 Å². The highest BCUT2D eigenvalue weighted by molar-refractivity contribution is 7.89. The minimum atomic E-state index is -4.01. The van der Waals surface area contributed by atoms with E-state index in [2.05, 4.69) is 10.7 Å². The zero-order valence-electron chi connectivity index (χ0n) is 26.6. The Balaban J connectivity index is 1.69. The van der Waals surface area contributed by atoms with Crippen LogP contribution in [0.1, 0.15) is 65.0 Å². The van der Waals surface area contributed by atoms with Crippen molar-refractivity contribution in [2.45, 2.75) is 89.8 Å². The van der Waals surface area contributed by atoms with Gasteiger partial charge in [0.2, 0.25) is 15.9 Å². The lowest BCUT2D eigenvalue weighted by Crippen LogP contribution is -2.61. The Morgan fingerprint density at radius 1 is 1.11 bits per heavy atom. The molecule has 2 aromatic carbocycles. The average molecular weight is 629 g/mol. The van der Waals surface area contributed by atoms with Gasteiger partial charge in [-0.2, -0.15) is 4.31 Å². The summed E-state index contributed by atoms with van der Waals surface area (Å²) in [6.07, 6.45) is 1.13. The molecule has 0 spiro atoms. The first-order chi connectivity index (χ1) is 20.7. The van der Waals surface area contributed by atoms with Crippen LogP contribution in [-0.2, 0) is 32.5 Å². The molecule has 2 aliphatic rings. The fourth-order valence-corrected chi connectivity index (χ4v) is 7.38. The summed E-state index contributed by atoms with van der Waals surface area (Å²) in [4.78, 5) is 27.4. The van der Waals surface area contributed by atoms with Crippen molar-refractivity contribution in [2.24, 2.45) is 11.3 Å². The van der Waals surface area contributed by atoms with Crippen LogP contribution in [0.25, 0.3) is 0 Å². The van der Waals surface area contributed by atoms with Crippen molar-refractivity contribution >= 4 is 21.8 Å². The van der Waals surface area contributed by atoms with Crippen molar-refractivity contribution in [1.29, 1.82) is 0 Å². The third kappa shape index (κ3) is 8.80. The van der Waals surface area contributed by atoms with Gasteiger partial charge in [0.25, 0.3) is 5.91 Å². The molecular weight excluding hydrogens is 580 g/mol. The largest absolute Gasteiger partial charge is 0.493 e. The summed E-state index contributed by atoms with van der Waals surface area (Å²) in [5, 5.41) is 16.4. The van der Waals surface area contributed by atoms with Crippen LogP contribution in [0, 0.1) is 11.3 Å². The van der Waals surface area contributed by atoms with Crippen LogP contribution in [0.15, 0.2) is 53.4 Å². The van der Waals surface area contributed by atoms with E-state index in [4.69, 9.17) is 4.74 Å². The molecule has 44 heavy (non-hydrogen) atoms. The minimum absolute atomic E-state index is 0.0333. The third-order valence-corrected chi connectivity index (χ3v) is 9.71. The van der Waals surface area contributed by atoms with Crippen LogP contribution >= 0.6 is 0 Å². The summed E-state index contributed by atoms with van der Waals surface area (Å²) in [6, 6.07) is 12.9. The first kappa shape index (κ1) is 33.9. The van der Waals surface area contributed by atoms with E-state index in [9.17, 15) is 23.1 Å². The number of rotatable bonds is 12. The number of nitrogens with one attached hydrogen (secondary N) is 2. The minimum Gasteiger partial charge on any atom is -0.493 e. The lowest BCUT2D eigenvalue weighted by Gasteiger charge is -2.38. The Hall–Kier alpha value is -2.99. The second-order valence-corrected chi connectivity index (χ2v) is 15.5. The van der Waals surface area contributed by atoms with Gasteiger partial charge < -0.3 is 15.2 Å². The zero-order valence-corrected chi connectivity index (χ0v) is 27.4. The van der Waals surface area contributed by atoms with Gasteiger partial charge in [-0.15, -0.1) is 0 Å². The molecule has 10 nitrogen and oxygen atoms in total. The molecule has 2 heterocycles. The molecule has 2 aromatic rings. The summed E-state index contributed by atoms with van der Waals surface area (Å²) < 4.78 is 35.0. The molecule has 4 rings (SSSR count). The number of carbonyl (C=O) groups excluding carboxylic acids is 2. The van der Waals surface area contributed by atoms with E-state index in [0.29, 0.717) is 31.7 Å². The number of benzene rings is 2. The van der Waals surface area contributed by atoms with Crippen LogP contribution < -0.4 is 15.5 Å². The van der Waals surface area contributed by atoms with E-state index in [-0.39, 0.29) is 48.6 Å². The molecule has 3 N–H and O–H groups in total. The normalized spacial score (nSPS) is 18.1. The van der Waals surface area contributed by atoms with E-state index in [1.165, 1.54) is 15.4 Å². The molecule has 0 saturated carbocycles. The fraction of sp³-hybridized carbons (Fsp3) is 0.576. The Labute approximate surface area is 262 Å². The second-order valence-electron chi connectivity index (χ2n) is 13.5. The van der Waals surface area contributed by atoms with E-state index >= 15 is 0 Å². The lowest BCUT2D eigenvalue weighted by molar-refractivity contribution is -0.150. The topological polar surface area (TPSA) is 128 Å². The summed E-state index contributed by atoms with van der Waals surface area (Å²) >= 11 is 0. The molecule has 2 aliphatic heterocycles. The highest BCUT2D eigenvalue weighted by Crippen LogP contribution is 2.30. The predicted molar refractivity (Wildman–Crippen MR) is 169 cm³/mol. The maximum absolute atomic E-state index is 14.0. The summed E-state index contributed by atoms with van der Waals surface area (Å²) in [7, 11) is -4.01. The first-order valence-corrected chi connectivity index (χ1v) is 17.0. The molecule has 2 unspecified atom stereocenters. The lowest BCUT2D eigenvalue weighted by atomic mass is 9.91. The van der Waals surface area contributed by atoms with Crippen LogP contribution in [-0.4, -0.2) is 79.1 Å². The number of amides is 2. The smallest absolute Gasteiger partial charge is 0.255 e. The van der Waals surface area contributed by atoms with Gasteiger partial charge in [-0.05, 0) is 66.5 Å². The number of nitrogens with zero attached hydrogens (tertiary/aromatic N) is 2. The zero-order chi connectivity index (χ0) is 32.1. The van der Waals surface area contributed by atoms with Crippen LogP contribution in [0.4, 0.5) is 0 Å². The van der Waals surface area contributed by atoms with E-state index < -0.39 is 33.6 Å². The number of fused-ring (bicyclic) bond motifs is 1. The molecule has 1 fully saturated rings. The van der Waals surface area contributed by atoms with Gasteiger partial charge >= 0.3 is 0 Å². The van der Waals surface area contributed by atoms with Crippen molar-refractivity contribution in [1.82, 2.24) is 20.1 Å². The van der Waals surface area contributed by atoms with Crippen LogP contribution in [0.5, 0.6) is 5.75 Å². The number of hydrogen-bond donors (Lipinski definition) is 3. The number of aliphatic hydroxyl groups excluding tert-OH is 1. The average Bonchev–Trinajstić information content (AvgIpc) is 3.66. The Morgan fingerprint density at radius 2 is 1.84 bits per heavy atom. The fourth-order valence-electron chi connectivity index (χ4n) is 5.71. The molecular formula is C33H48N4O6S.